The number of benzene rings is 1. The van der Waals surface area contributed by atoms with Gasteiger partial charge in [-0.25, -0.2) is 4.39 Å². The maximum Gasteiger partial charge on any atom is 0.123 e. The van der Waals surface area contributed by atoms with E-state index in [0.29, 0.717) is 12.1 Å². The molecule has 0 spiro atoms. The van der Waals surface area contributed by atoms with Crippen molar-refractivity contribution < 1.29 is 4.39 Å². The SMILES string of the molecule is CCC1C2CNCC2CN1C(C)Cc1ccc(F)cc1. The summed E-state index contributed by atoms with van der Waals surface area (Å²) in [5, 5.41) is 3.54. The smallest absolute Gasteiger partial charge is 0.123 e. The third-order valence-electron chi connectivity index (χ3n) is 5.19. The number of nitrogens with one attached hydrogen (secondary N) is 1. The second-order valence-electron chi connectivity index (χ2n) is 6.43. The lowest BCUT2D eigenvalue weighted by atomic mass is 9.92. The summed E-state index contributed by atoms with van der Waals surface area (Å²) >= 11 is 0. The summed E-state index contributed by atoms with van der Waals surface area (Å²) in [4.78, 5) is 2.69. The Hall–Kier alpha value is -0.930. The molecule has 0 amide bonds. The Bertz CT molecular complexity index is 445. The fourth-order valence-corrected chi connectivity index (χ4v) is 4.18. The van der Waals surface area contributed by atoms with E-state index in [4.69, 9.17) is 0 Å². The molecule has 0 aliphatic carbocycles. The fraction of sp³-hybridized carbons (Fsp3) is 0.647. The maximum atomic E-state index is 13.0. The number of likely N-dealkylation sites (tertiary alicyclic amines) is 1. The number of fused-ring (bicyclic) bond motifs is 1. The van der Waals surface area contributed by atoms with E-state index in [1.165, 1.54) is 31.6 Å². The first-order chi connectivity index (χ1) is 9.69. The summed E-state index contributed by atoms with van der Waals surface area (Å²) in [6.45, 7) is 8.21. The van der Waals surface area contributed by atoms with Gasteiger partial charge in [0.05, 0.1) is 0 Å². The molecular weight excluding hydrogens is 251 g/mol. The summed E-state index contributed by atoms with van der Waals surface area (Å²) in [7, 11) is 0. The van der Waals surface area contributed by atoms with Crippen LogP contribution in [0.4, 0.5) is 4.39 Å². The van der Waals surface area contributed by atoms with Crippen molar-refractivity contribution in [2.45, 2.75) is 38.8 Å². The Kier molecular flexibility index (Phi) is 4.08. The second-order valence-corrected chi connectivity index (χ2v) is 6.43. The molecule has 20 heavy (non-hydrogen) atoms. The molecular formula is C17H25FN2. The molecule has 3 heteroatoms. The summed E-state index contributed by atoms with van der Waals surface area (Å²) in [6.07, 6.45) is 2.25. The highest BCUT2D eigenvalue weighted by atomic mass is 19.1. The predicted octanol–water partition coefficient (Wildman–Crippen LogP) is 2.69. The van der Waals surface area contributed by atoms with Gasteiger partial charge in [-0.05, 0) is 62.4 Å². The largest absolute Gasteiger partial charge is 0.316 e. The highest BCUT2D eigenvalue weighted by Crippen LogP contribution is 2.35. The molecule has 1 N–H and O–H groups in total. The van der Waals surface area contributed by atoms with Gasteiger partial charge in [0, 0.05) is 18.6 Å². The van der Waals surface area contributed by atoms with Crippen molar-refractivity contribution in [3.8, 4) is 0 Å². The van der Waals surface area contributed by atoms with Crippen LogP contribution in [0.15, 0.2) is 24.3 Å². The van der Waals surface area contributed by atoms with E-state index in [1.807, 2.05) is 12.1 Å². The van der Waals surface area contributed by atoms with Crippen LogP contribution in [0.2, 0.25) is 0 Å². The highest BCUT2D eigenvalue weighted by Gasteiger charge is 2.44. The number of rotatable bonds is 4. The van der Waals surface area contributed by atoms with E-state index in [9.17, 15) is 4.39 Å². The standard InChI is InChI=1S/C17H25FN2/c1-3-17-16-10-19-9-14(16)11-20(17)12(2)8-13-4-6-15(18)7-5-13/h4-7,12,14,16-17,19H,3,8-11H2,1-2H3. The van der Waals surface area contributed by atoms with E-state index in [-0.39, 0.29) is 5.82 Å². The van der Waals surface area contributed by atoms with Crippen LogP contribution >= 0.6 is 0 Å². The van der Waals surface area contributed by atoms with Gasteiger partial charge in [0.2, 0.25) is 0 Å². The van der Waals surface area contributed by atoms with Crippen molar-refractivity contribution >= 4 is 0 Å². The van der Waals surface area contributed by atoms with Crippen LogP contribution < -0.4 is 5.32 Å². The van der Waals surface area contributed by atoms with Crippen LogP contribution in [-0.2, 0) is 6.42 Å². The third kappa shape index (κ3) is 2.61. The van der Waals surface area contributed by atoms with Gasteiger partial charge in [-0.1, -0.05) is 19.1 Å². The molecule has 4 unspecified atom stereocenters. The molecule has 2 aliphatic rings. The van der Waals surface area contributed by atoms with Gasteiger partial charge >= 0.3 is 0 Å². The van der Waals surface area contributed by atoms with Crippen LogP contribution in [0.5, 0.6) is 0 Å². The minimum Gasteiger partial charge on any atom is -0.316 e. The summed E-state index contributed by atoms with van der Waals surface area (Å²) in [5.41, 5.74) is 1.24. The van der Waals surface area contributed by atoms with E-state index >= 15 is 0 Å². The maximum absolute atomic E-state index is 13.0. The van der Waals surface area contributed by atoms with Gasteiger partial charge in [-0.15, -0.1) is 0 Å². The minimum absolute atomic E-state index is 0.144. The first-order valence-corrected chi connectivity index (χ1v) is 7.90. The van der Waals surface area contributed by atoms with Gasteiger partial charge in [-0.2, -0.15) is 0 Å². The Balaban J connectivity index is 1.67. The lowest BCUT2D eigenvalue weighted by molar-refractivity contribution is 0.164. The monoisotopic (exact) mass is 276 g/mol. The van der Waals surface area contributed by atoms with Gasteiger partial charge in [0.1, 0.15) is 5.82 Å². The van der Waals surface area contributed by atoms with Crippen LogP contribution in [0, 0.1) is 17.7 Å². The van der Waals surface area contributed by atoms with Crippen LogP contribution in [0.3, 0.4) is 0 Å². The van der Waals surface area contributed by atoms with Crippen molar-refractivity contribution in [3.05, 3.63) is 35.6 Å². The van der Waals surface area contributed by atoms with Gasteiger partial charge in [0.25, 0.3) is 0 Å². The van der Waals surface area contributed by atoms with Crippen LogP contribution in [0.1, 0.15) is 25.8 Å². The average molecular weight is 276 g/mol. The Morgan fingerprint density at radius 1 is 1.30 bits per heavy atom. The molecule has 0 radical (unpaired) electrons. The lowest BCUT2D eigenvalue weighted by Gasteiger charge is -2.32. The lowest BCUT2D eigenvalue weighted by Crippen LogP contribution is -2.42. The summed E-state index contributed by atoms with van der Waals surface area (Å²) < 4.78 is 13.0. The van der Waals surface area contributed by atoms with E-state index in [0.717, 1.165) is 18.3 Å². The molecule has 110 valence electrons. The average Bonchev–Trinajstić information content (AvgIpc) is 3.01. The first kappa shape index (κ1) is 14.0. The summed E-state index contributed by atoms with van der Waals surface area (Å²) in [6, 6.07) is 8.24. The zero-order chi connectivity index (χ0) is 14.1. The Morgan fingerprint density at radius 3 is 2.75 bits per heavy atom. The molecule has 2 aliphatic heterocycles. The molecule has 2 fully saturated rings. The number of hydrogen-bond donors (Lipinski definition) is 1. The van der Waals surface area contributed by atoms with E-state index in [1.54, 1.807) is 12.1 Å². The minimum atomic E-state index is -0.144. The summed E-state index contributed by atoms with van der Waals surface area (Å²) in [5.74, 6) is 1.51. The molecule has 0 aromatic heterocycles. The van der Waals surface area contributed by atoms with Crippen molar-refractivity contribution in [2.24, 2.45) is 11.8 Å². The fourth-order valence-electron chi connectivity index (χ4n) is 4.18. The predicted molar refractivity (Wildman–Crippen MR) is 80.2 cm³/mol. The number of halogens is 1. The van der Waals surface area contributed by atoms with Crippen molar-refractivity contribution in [1.82, 2.24) is 10.2 Å². The zero-order valence-electron chi connectivity index (χ0n) is 12.5. The van der Waals surface area contributed by atoms with Gasteiger partial charge in [0.15, 0.2) is 0 Å². The van der Waals surface area contributed by atoms with E-state index in [2.05, 4.69) is 24.1 Å². The molecule has 2 heterocycles. The molecule has 2 saturated heterocycles. The molecule has 1 aromatic rings. The van der Waals surface area contributed by atoms with Crippen LogP contribution in [0.25, 0.3) is 0 Å². The van der Waals surface area contributed by atoms with Crippen molar-refractivity contribution in [2.75, 3.05) is 19.6 Å². The van der Waals surface area contributed by atoms with Gasteiger partial charge in [-0.3, -0.25) is 4.90 Å². The quantitative estimate of drug-likeness (QED) is 0.909. The molecule has 4 atom stereocenters. The Morgan fingerprint density at radius 2 is 2.05 bits per heavy atom. The number of nitrogens with zero attached hydrogens (tertiary/aromatic N) is 1. The molecule has 0 saturated carbocycles. The van der Waals surface area contributed by atoms with Crippen LogP contribution in [-0.4, -0.2) is 36.6 Å². The highest BCUT2D eigenvalue weighted by molar-refractivity contribution is 5.17. The van der Waals surface area contributed by atoms with E-state index < -0.39 is 0 Å². The topological polar surface area (TPSA) is 15.3 Å². The van der Waals surface area contributed by atoms with Gasteiger partial charge < -0.3 is 5.32 Å². The second kappa shape index (κ2) is 5.82. The van der Waals surface area contributed by atoms with Crippen molar-refractivity contribution in [3.63, 3.8) is 0 Å². The Labute approximate surface area is 121 Å². The number of hydrogen-bond acceptors (Lipinski definition) is 2. The zero-order valence-corrected chi connectivity index (χ0v) is 12.5. The van der Waals surface area contributed by atoms with Crippen molar-refractivity contribution in [1.29, 1.82) is 0 Å². The molecule has 2 nitrogen and oxygen atoms in total. The normalized spacial score (nSPS) is 31.4. The molecule has 1 aromatic carbocycles. The third-order valence-corrected chi connectivity index (χ3v) is 5.19. The first-order valence-electron chi connectivity index (χ1n) is 7.90. The molecule has 3 rings (SSSR count). The molecule has 0 bridgehead atoms.